The molecule has 8 nitrogen and oxygen atoms in total. The highest BCUT2D eigenvalue weighted by Crippen LogP contribution is 2.33. The van der Waals surface area contributed by atoms with Crippen LogP contribution in [-0.4, -0.2) is 38.6 Å². The summed E-state index contributed by atoms with van der Waals surface area (Å²) >= 11 is 1.21. The molecular formula is C26H20FN5O3S. The maximum atomic E-state index is 14.0. The number of carbonyl (C=O) groups excluding carboxylic acids is 1. The maximum absolute atomic E-state index is 14.0. The van der Waals surface area contributed by atoms with Gasteiger partial charge in [0.1, 0.15) is 17.5 Å². The van der Waals surface area contributed by atoms with Gasteiger partial charge in [0, 0.05) is 23.5 Å². The number of benzene rings is 2. The summed E-state index contributed by atoms with van der Waals surface area (Å²) in [5.41, 5.74) is 1.92. The number of thioether (sulfide) groups is 1. The van der Waals surface area contributed by atoms with Crippen LogP contribution in [0.2, 0.25) is 0 Å². The lowest BCUT2D eigenvalue weighted by Crippen LogP contribution is -2.35. The van der Waals surface area contributed by atoms with Crippen LogP contribution in [-0.2, 0) is 11.4 Å². The van der Waals surface area contributed by atoms with E-state index >= 15 is 0 Å². The fourth-order valence-electron chi connectivity index (χ4n) is 3.54. The Bertz CT molecular complexity index is 1440. The third-order valence-electron chi connectivity index (χ3n) is 5.28. The number of carbonyl (C=O) groups is 1. The largest absolute Gasteiger partial charge is 0.490 e. The molecule has 5 rings (SSSR count). The molecule has 3 heterocycles. The van der Waals surface area contributed by atoms with E-state index in [0.717, 1.165) is 5.56 Å². The van der Waals surface area contributed by atoms with Gasteiger partial charge in [-0.1, -0.05) is 24.3 Å². The minimum atomic E-state index is -0.528. The molecule has 0 radical (unpaired) electrons. The van der Waals surface area contributed by atoms with E-state index in [1.165, 1.54) is 22.8 Å². The Labute approximate surface area is 210 Å². The van der Waals surface area contributed by atoms with Crippen molar-refractivity contribution in [1.82, 2.24) is 9.99 Å². The summed E-state index contributed by atoms with van der Waals surface area (Å²) in [6.45, 7) is 2.26. The van der Waals surface area contributed by atoms with Crippen molar-refractivity contribution in [1.29, 1.82) is 5.41 Å². The average molecular weight is 502 g/mol. The number of hydrogen-bond donors (Lipinski definition) is 1. The first kappa shape index (κ1) is 23.4. The second-order valence-electron chi connectivity index (χ2n) is 7.69. The molecule has 2 aromatic carbocycles. The molecule has 1 N–H and O–H groups in total. The fourth-order valence-corrected chi connectivity index (χ4v) is 4.42. The van der Waals surface area contributed by atoms with Gasteiger partial charge in [-0.05, 0) is 60.7 Å². The molecule has 0 aliphatic carbocycles. The van der Waals surface area contributed by atoms with Crippen molar-refractivity contribution in [3.05, 3.63) is 95.1 Å². The molecule has 1 amide bonds. The quantitative estimate of drug-likeness (QED) is 0.464. The Morgan fingerprint density at radius 3 is 2.75 bits per heavy atom. The first-order chi connectivity index (χ1) is 17.5. The van der Waals surface area contributed by atoms with Crippen LogP contribution in [0.25, 0.3) is 6.08 Å². The molecule has 2 aliphatic rings. The number of aliphatic imine (C=N–C) groups is 1. The number of hydrazone groups is 1. The summed E-state index contributed by atoms with van der Waals surface area (Å²) < 4.78 is 25.5. The lowest BCUT2D eigenvalue weighted by atomic mass is 10.1. The number of nitrogens with zero attached hydrogens (tertiary/aromatic N) is 4. The summed E-state index contributed by atoms with van der Waals surface area (Å²) in [5.74, 6) is -0.0704. The summed E-state index contributed by atoms with van der Waals surface area (Å²) in [6.07, 6.45) is 4.89. The molecule has 2 aliphatic heterocycles. The molecule has 10 heteroatoms. The second-order valence-corrected chi connectivity index (χ2v) is 8.64. The molecule has 3 aromatic rings. The maximum Gasteiger partial charge on any atom is 0.283 e. The summed E-state index contributed by atoms with van der Waals surface area (Å²) in [6, 6.07) is 15.2. The Hall–Kier alpha value is -4.31. The number of amidine groups is 2. The Balaban J connectivity index is 1.40. The van der Waals surface area contributed by atoms with Crippen LogP contribution < -0.4 is 9.47 Å². The molecule has 0 fully saturated rings. The van der Waals surface area contributed by atoms with Crippen LogP contribution in [0.4, 0.5) is 4.39 Å². The highest BCUT2D eigenvalue weighted by Gasteiger charge is 2.36. The number of hydrogen-bond acceptors (Lipinski definition) is 7. The van der Waals surface area contributed by atoms with Gasteiger partial charge in [-0.15, -0.1) is 0 Å². The standard InChI is InChI=1S/C26H20FN5O3S/c1-2-34-22-13-16(9-10-21(22)35-15-18-6-3-4-8-20(18)27)12-19-23(28)32-26(30-24(19)33)36-25(31-32)17-7-5-11-29-14-17/h3-14,28H,2,15H2,1H3. The third-order valence-corrected chi connectivity index (χ3v) is 6.24. The van der Waals surface area contributed by atoms with Gasteiger partial charge in [-0.25, -0.2) is 4.39 Å². The van der Waals surface area contributed by atoms with Gasteiger partial charge < -0.3 is 9.47 Å². The number of nitrogens with one attached hydrogen (secondary N) is 1. The van der Waals surface area contributed by atoms with Crippen molar-refractivity contribution in [2.75, 3.05) is 6.61 Å². The van der Waals surface area contributed by atoms with E-state index in [2.05, 4.69) is 15.1 Å². The van der Waals surface area contributed by atoms with E-state index in [1.54, 1.807) is 60.9 Å². The van der Waals surface area contributed by atoms with Crippen molar-refractivity contribution in [3.8, 4) is 11.5 Å². The van der Waals surface area contributed by atoms with E-state index < -0.39 is 5.91 Å². The smallest absolute Gasteiger partial charge is 0.283 e. The second kappa shape index (κ2) is 10.1. The third kappa shape index (κ3) is 4.76. The van der Waals surface area contributed by atoms with Crippen molar-refractivity contribution in [2.24, 2.45) is 10.1 Å². The first-order valence-electron chi connectivity index (χ1n) is 11.1. The predicted octanol–water partition coefficient (Wildman–Crippen LogP) is 4.87. The normalized spacial score (nSPS) is 16.1. The number of halogens is 1. The minimum absolute atomic E-state index is 0.0394. The number of pyridine rings is 1. The van der Waals surface area contributed by atoms with E-state index in [4.69, 9.17) is 14.9 Å². The molecule has 0 atom stereocenters. The van der Waals surface area contributed by atoms with Crippen molar-refractivity contribution in [2.45, 2.75) is 13.5 Å². The van der Waals surface area contributed by atoms with Crippen LogP contribution in [0.15, 0.2) is 82.7 Å². The molecule has 1 aromatic heterocycles. The predicted molar refractivity (Wildman–Crippen MR) is 137 cm³/mol. The first-order valence-corrected chi connectivity index (χ1v) is 11.9. The van der Waals surface area contributed by atoms with Gasteiger partial charge in [0.25, 0.3) is 5.91 Å². The zero-order valence-electron chi connectivity index (χ0n) is 19.1. The average Bonchev–Trinajstić information content (AvgIpc) is 3.32. The van der Waals surface area contributed by atoms with Gasteiger partial charge in [0.15, 0.2) is 17.3 Å². The zero-order valence-corrected chi connectivity index (χ0v) is 20.0. The molecule has 36 heavy (non-hydrogen) atoms. The van der Waals surface area contributed by atoms with Gasteiger partial charge in [-0.2, -0.15) is 15.1 Å². The molecule has 0 bridgehead atoms. The summed E-state index contributed by atoms with van der Waals surface area (Å²) in [7, 11) is 0. The van der Waals surface area contributed by atoms with Crippen LogP contribution in [0.5, 0.6) is 11.5 Å². The SMILES string of the molecule is CCOc1cc(C=C2C(=N)N3N=C(c4cccnc4)SC3=NC2=O)ccc1OCc1ccccc1F. The highest BCUT2D eigenvalue weighted by molar-refractivity contribution is 8.27. The van der Waals surface area contributed by atoms with Crippen molar-refractivity contribution >= 4 is 39.8 Å². The summed E-state index contributed by atoms with van der Waals surface area (Å²) in [4.78, 5) is 21.0. The van der Waals surface area contributed by atoms with Crippen molar-refractivity contribution < 1.29 is 18.7 Å². The van der Waals surface area contributed by atoms with Gasteiger partial charge >= 0.3 is 0 Å². The molecule has 180 valence electrons. The number of ether oxygens (including phenoxy) is 2. The molecular weight excluding hydrogens is 481 g/mol. The fraction of sp³-hybridized carbons (Fsp3) is 0.115. The van der Waals surface area contributed by atoms with Crippen LogP contribution in [0.1, 0.15) is 23.6 Å². The van der Waals surface area contributed by atoms with E-state index in [-0.39, 0.29) is 23.8 Å². The Kier molecular flexibility index (Phi) is 6.59. The van der Waals surface area contributed by atoms with Gasteiger partial charge in [-0.3, -0.25) is 15.2 Å². The minimum Gasteiger partial charge on any atom is -0.490 e. The van der Waals surface area contributed by atoms with E-state index in [0.29, 0.717) is 39.4 Å². The van der Waals surface area contributed by atoms with Crippen LogP contribution in [0.3, 0.4) is 0 Å². The molecule has 0 saturated heterocycles. The van der Waals surface area contributed by atoms with Gasteiger partial charge in [0.2, 0.25) is 5.17 Å². The van der Waals surface area contributed by atoms with E-state index in [1.807, 2.05) is 13.0 Å². The Morgan fingerprint density at radius 1 is 1.11 bits per heavy atom. The number of rotatable bonds is 7. The van der Waals surface area contributed by atoms with Crippen molar-refractivity contribution in [3.63, 3.8) is 0 Å². The Morgan fingerprint density at radius 2 is 1.97 bits per heavy atom. The molecule has 0 spiro atoms. The number of aromatic nitrogens is 1. The van der Waals surface area contributed by atoms with Crippen LogP contribution >= 0.6 is 11.8 Å². The monoisotopic (exact) mass is 501 g/mol. The highest BCUT2D eigenvalue weighted by atomic mass is 32.2. The number of amides is 1. The lowest BCUT2D eigenvalue weighted by Gasteiger charge is -2.20. The summed E-state index contributed by atoms with van der Waals surface area (Å²) in [5, 5.41) is 15.3. The number of fused-ring (bicyclic) bond motifs is 1. The topological polar surface area (TPSA) is 100 Å². The van der Waals surface area contributed by atoms with E-state index in [9.17, 15) is 9.18 Å². The van der Waals surface area contributed by atoms with Gasteiger partial charge in [0.05, 0.1) is 12.2 Å². The van der Waals surface area contributed by atoms with Crippen LogP contribution in [0, 0.1) is 11.2 Å². The zero-order chi connectivity index (χ0) is 25.1. The molecule has 0 saturated carbocycles. The lowest BCUT2D eigenvalue weighted by molar-refractivity contribution is -0.114. The molecule has 0 unspecified atom stereocenters.